The van der Waals surface area contributed by atoms with Gasteiger partial charge >= 0.3 is 21.2 Å². The summed E-state index contributed by atoms with van der Waals surface area (Å²) >= 11 is 0. The molecule has 180 valence electrons. The summed E-state index contributed by atoms with van der Waals surface area (Å²) in [4.78, 5) is 35.8. The van der Waals surface area contributed by atoms with Crippen LogP contribution in [-0.4, -0.2) is 37.7 Å². The van der Waals surface area contributed by atoms with Gasteiger partial charge in [-0.05, 0) is 30.2 Å². The number of nitrogens with zero attached hydrogens (tertiary/aromatic N) is 1. The van der Waals surface area contributed by atoms with E-state index < -0.39 is 57.1 Å². The average Bonchev–Trinajstić information content (AvgIpc) is 2.73. The van der Waals surface area contributed by atoms with E-state index in [2.05, 4.69) is 4.98 Å². The fourth-order valence-corrected chi connectivity index (χ4v) is 6.49. The van der Waals surface area contributed by atoms with Crippen molar-refractivity contribution in [2.24, 2.45) is 0 Å². The molecular formula is C19H22FNO10P2. The molecule has 0 aliphatic carbocycles. The van der Waals surface area contributed by atoms with Crippen LogP contribution in [0.2, 0.25) is 0 Å². The Balaban J connectivity index is 1.77. The minimum atomic E-state index is -5.25. The van der Waals surface area contributed by atoms with Crippen LogP contribution in [0.25, 0.3) is 0 Å². The third-order valence-corrected chi connectivity index (χ3v) is 9.27. The molecule has 2 atom stereocenters. The highest BCUT2D eigenvalue weighted by Gasteiger charge is 2.67. The second kappa shape index (κ2) is 9.99. The largest absolute Gasteiger partial charge is 0.457 e. The molecule has 3 N–H and O–H groups in total. The van der Waals surface area contributed by atoms with Gasteiger partial charge in [-0.3, -0.25) is 28.0 Å². The summed E-state index contributed by atoms with van der Waals surface area (Å²) < 4.78 is 59.8. The van der Waals surface area contributed by atoms with Gasteiger partial charge in [0.25, 0.3) is 5.08 Å². The van der Waals surface area contributed by atoms with Crippen molar-refractivity contribution < 1.29 is 51.7 Å². The second-order valence-corrected chi connectivity index (χ2v) is 11.4. The van der Waals surface area contributed by atoms with Gasteiger partial charge in [0.05, 0.1) is 0 Å². The minimum absolute atomic E-state index is 0.0520. The number of benzene rings is 1. The molecule has 1 aliphatic rings. The molecule has 1 aliphatic heterocycles. The molecule has 14 heteroatoms. The molecule has 2 unspecified atom stereocenters. The zero-order valence-electron chi connectivity index (χ0n) is 17.4. The van der Waals surface area contributed by atoms with Gasteiger partial charge in [-0.25, -0.2) is 4.39 Å². The van der Waals surface area contributed by atoms with Crippen molar-refractivity contribution in [1.29, 1.82) is 0 Å². The Morgan fingerprint density at radius 2 is 1.94 bits per heavy atom. The van der Waals surface area contributed by atoms with E-state index in [4.69, 9.17) is 18.5 Å². The molecule has 0 radical (unpaired) electrons. The number of aliphatic hydroxyl groups is 1. The molecule has 1 fully saturated rings. The Bertz CT molecular complexity index is 1070. The molecule has 2 aromatic rings. The molecule has 3 rings (SSSR count). The predicted molar refractivity (Wildman–Crippen MR) is 110 cm³/mol. The third-order valence-electron chi connectivity index (χ3n) is 4.67. The van der Waals surface area contributed by atoms with Crippen molar-refractivity contribution in [1.82, 2.24) is 4.98 Å². The fourth-order valence-electron chi connectivity index (χ4n) is 2.93. The van der Waals surface area contributed by atoms with E-state index >= 15 is 0 Å². The van der Waals surface area contributed by atoms with Crippen molar-refractivity contribution in [3.63, 3.8) is 0 Å². The predicted octanol–water partition coefficient (Wildman–Crippen LogP) is 3.21. The highest BCUT2D eigenvalue weighted by atomic mass is 31.2. The normalized spacial score (nSPS) is 29.4. The van der Waals surface area contributed by atoms with E-state index in [1.54, 1.807) is 6.92 Å². The lowest BCUT2D eigenvalue weighted by atomic mass is 10.2. The summed E-state index contributed by atoms with van der Waals surface area (Å²) in [7, 11) is -10.5. The van der Waals surface area contributed by atoms with Crippen LogP contribution in [0.5, 0.6) is 5.75 Å². The third kappa shape index (κ3) is 5.50. The van der Waals surface area contributed by atoms with Gasteiger partial charge in [0.15, 0.2) is 0 Å². The number of ether oxygens (including phenoxy) is 2. The highest BCUT2D eigenvalue weighted by Crippen LogP contribution is 2.79. The maximum atomic E-state index is 14.6. The van der Waals surface area contributed by atoms with E-state index in [9.17, 15) is 33.2 Å². The Morgan fingerprint density at radius 3 is 2.52 bits per heavy atom. The van der Waals surface area contributed by atoms with Crippen molar-refractivity contribution in [3.05, 3.63) is 59.7 Å². The number of hydrogen-bond donors (Lipinski definition) is 3. The van der Waals surface area contributed by atoms with Gasteiger partial charge in [-0.15, -0.1) is 0 Å². The monoisotopic (exact) mass is 505 g/mol. The lowest BCUT2D eigenvalue weighted by Crippen LogP contribution is -2.38. The first-order valence-corrected chi connectivity index (χ1v) is 12.9. The number of pyridine rings is 1. The first-order valence-electron chi connectivity index (χ1n) is 9.71. The van der Waals surface area contributed by atoms with Gasteiger partial charge < -0.3 is 24.4 Å². The van der Waals surface area contributed by atoms with E-state index in [1.165, 1.54) is 30.6 Å². The van der Waals surface area contributed by atoms with Crippen LogP contribution in [0.1, 0.15) is 37.2 Å². The molecule has 0 bridgehead atoms. The number of hydrogen-bond acceptors (Lipinski definition) is 9. The van der Waals surface area contributed by atoms with Crippen LogP contribution < -0.4 is 4.74 Å². The van der Waals surface area contributed by atoms with Gasteiger partial charge in [0.2, 0.25) is 13.1 Å². The van der Waals surface area contributed by atoms with Gasteiger partial charge in [0, 0.05) is 36.9 Å². The highest BCUT2D eigenvalue weighted by molar-refractivity contribution is 7.73. The standard InChI is InChI=1S/C19H22FNO10P2/c1-2-4-17(22)29-12-28-14-6-7-15(16(20)9-14)18-30-32(24,25)19(23,33(26,27)31-18)10-13-5-3-8-21-11-13/h3,5-9,11,18,23H,2,4,10,12H2,1H3,(H,24,25)(H,26,27). The van der Waals surface area contributed by atoms with E-state index in [0.29, 0.717) is 6.42 Å². The van der Waals surface area contributed by atoms with Crippen molar-refractivity contribution in [2.75, 3.05) is 6.79 Å². The van der Waals surface area contributed by atoms with Crippen molar-refractivity contribution in [3.8, 4) is 5.75 Å². The zero-order chi connectivity index (χ0) is 24.3. The number of aromatic nitrogens is 1. The molecule has 2 heterocycles. The Hall–Kier alpha value is -2.17. The smallest absolute Gasteiger partial charge is 0.374 e. The number of rotatable bonds is 8. The second-order valence-electron chi connectivity index (χ2n) is 7.11. The van der Waals surface area contributed by atoms with E-state index in [0.717, 1.165) is 12.1 Å². The van der Waals surface area contributed by atoms with Crippen molar-refractivity contribution >= 4 is 21.2 Å². The first kappa shape index (κ1) is 25.5. The lowest BCUT2D eigenvalue weighted by Gasteiger charge is -2.41. The molecule has 11 nitrogen and oxygen atoms in total. The van der Waals surface area contributed by atoms with Crippen LogP contribution in [0.3, 0.4) is 0 Å². The summed E-state index contributed by atoms with van der Waals surface area (Å²) in [5.74, 6) is -1.60. The summed E-state index contributed by atoms with van der Waals surface area (Å²) in [5.41, 5.74) is -0.321. The minimum Gasteiger partial charge on any atom is -0.457 e. The molecule has 0 amide bonds. The topological polar surface area (TPSA) is 162 Å². The lowest BCUT2D eigenvalue weighted by molar-refractivity contribution is -0.150. The zero-order valence-corrected chi connectivity index (χ0v) is 19.2. The fraction of sp³-hybridized carbons (Fsp3) is 0.368. The maximum absolute atomic E-state index is 14.6. The van der Waals surface area contributed by atoms with Gasteiger partial charge in [0.1, 0.15) is 11.6 Å². The molecule has 1 aromatic carbocycles. The summed E-state index contributed by atoms with van der Waals surface area (Å²) in [5, 5.41) is 7.49. The summed E-state index contributed by atoms with van der Waals surface area (Å²) in [6.45, 7) is 1.33. The van der Waals surface area contributed by atoms with Crippen LogP contribution >= 0.6 is 15.2 Å². The number of carbonyl (C=O) groups excluding carboxylic acids is 1. The number of esters is 1. The molecule has 33 heavy (non-hydrogen) atoms. The molecule has 0 spiro atoms. The van der Waals surface area contributed by atoms with Crippen molar-refractivity contribution in [2.45, 2.75) is 37.6 Å². The van der Waals surface area contributed by atoms with Crippen LogP contribution in [0, 0.1) is 5.82 Å². The Labute approximate surface area is 188 Å². The summed E-state index contributed by atoms with van der Waals surface area (Å²) in [6.07, 6.45) is 0.567. The Kier molecular flexibility index (Phi) is 7.70. The SMILES string of the molecule is CCCC(=O)OCOc1ccc(C2OP(=O)(O)C(O)(Cc3cccnc3)P(=O)(O)O2)c(F)c1. The summed E-state index contributed by atoms with van der Waals surface area (Å²) in [6, 6.07) is 5.96. The van der Waals surface area contributed by atoms with E-state index in [-0.39, 0.29) is 17.7 Å². The van der Waals surface area contributed by atoms with E-state index in [1.807, 2.05) is 0 Å². The first-order chi connectivity index (χ1) is 15.5. The van der Waals surface area contributed by atoms with Gasteiger partial charge in [-0.1, -0.05) is 13.0 Å². The molecular weight excluding hydrogens is 483 g/mol. The average molecular weight is 505 g/mol. The number of carbonyl (C=O) groups is 1. The quantitative estimate of drug-likeness (QED) is 0.274. The van der Waals surface area contributed by atoms with Crippen LogP contribution in [0.4, 0.5) is 4.39 Å². The Morgan fingerprint density at radius 1 is 1.24 bits per heavy atom. The van der Waals surface area contributed by atoms with Crippen LogP contribution in [0.15, 0.2) is 42.7 Å². The molecule has 0 saturated carbocycles. The molecule has 1 aromatic heterocycles. The van der Waals surface area contributed by atoms with Crippen LogP contribution in [-0.2, 0) is 34.1 Å². The number of halogens is 1. The van der Waals surface area contributed by atoms with Gasteiger partial charge in [-0.2, -0.15) is 0 Å². The molecule has 1 saturated heterocycles. The maximum Gasteiger partial charge on any atom is 0.374 e.